The third-order valence-corrected chi connectivity index (χ3v) is 3.22. The van der Waals surface area contributed by atoms with E-state index >= 15 is 0 Å². The highest BCUT2D eigenvalue weighted by Crippen LogP contribution is 2.18. The van der Waals surface area contributed by atoms with Crippen molar-refractivity contribution in [3.63, 3.8) is 0 Å². The zero-order valence-corrected chi connectivity index (χ0v) is 11.8. The number of hydrogen-bond donors (Lipinski definition) is 2. The predicted octanol–water partition coefficient (Wildman–Crippen LogP) is 2.20. The van der Waals surface area contributed by atoms with Gasteiger partial charge < -0.3 is 5.73 Å². The molecule has 0 fully saturated rings. The van der Waals surface area contributed by atoms with E-state index in [2.05, 4.69) is 20.5 Å². The smallest absolute Gasteiger partial charge is 0.257 e. The maximum absolute atomic E-state index is 12.1. The highest BCUT2D eigenvalue weighted by atomic mass is 32.1. The number of nitrogen functional groups attached to an aromatic ring is 1. The topological polar surface area (TPSA) is 93.8 Å². The highest BCUT2D eigenvalue weighted by molar-refractivity contribution is 7.15. The quantitative estimate of drug-likeness (QED) is 0.897. The van der Waals surface area contributed by atoms with E-state index in [1.54, 1.807) is 12.1 Å². The average Bonchev–Trinajstić information content (AvgIpc) is 2.73. The minimum atomic E-state index is -0.257. The molecule has 100 valence electrons. The van der Waals surface area contributed by atoms with Gasteiger partial charge in [-0.3, -0.25) is 10.1 Å². The third kappa shape index (κ3) is 3.25. The number of hydrogen-bond acceptors (Lipinski definition) is 6. The molecule has 2 heterocycles. The van der Waals surface area contributed by atoms with Crippen molar-refractivity contribution in [3.8, 4) is 0 Å². The van der Waals surface area contributed by atoms with Gasteiger partial charge in [0.2, 0.25) is 5.13 Å². The van der Waals surface area contributed by atoms with E-state index in [0.717, 1.165) is 10.7 Å². The Morgan fingerprint density at radius 3 is 2.68 bits per heavy atom. The van der Waals surface area contributed by atoms with E-state index < -0.39 is 0 Å². The largest absolute Gasteiger partial charge is 0.384 e. The summed E-state index contributed by atoms with van der Waals surface area (Å²) in [5.74, 6) is 0.288. The van der Waals surface area contributed by atoms with Crippen LogP contribution >= 0.6 is 11.3 Å². The van der Waals surface area contributed by atoms with Crippen LogP contribution in [0.2, 0.25) is 0 Å². The number of anilines is 2. The summed E-state index contributed by atoms with van der Waals surface area (Å²) in [5, 5.41) is 11.7. The third-order valence-electron chi connectivity index (χ3n) is 2.47. The lowest BCUT2D eigenvalue weighted by Crippen LogP contribution is -2.13. The van der Waals surface area contributed by atoms with Crippen LogP contribution in [0.1, 0.15) is 40.8 Å². The molecular weight excluding hydrogens is 262 g/mol. The fraction of sp³-hybridized carbons (Fsp3) is 0.333. The van der Waals surface area contributed by atoms with Crippen LogP contribution in [0.15, 0.2) is 12.1 Å². The second-order valence-corrected chi connectivity index (χ2v) is 5.62. The number of carbonyl (C=O) groups is 1. The summed E-state index contributed by atoms with van der Waals surface area (Å²) in [4.78, 5) is 16.3. The number of pyridine rings is 1. The van der Waals surface area contributed by atoms with Crippen molar-refractivity contribution in [2.75, 3.05) is 11.1 Å². The molecule has 0 unspecified atom stereocenters. The molecule has 19 heavy (non-hydrogen) atoms. The molecule has 0 aliphatic heterocycles. The van der Waals surface area contributed by atoms with Crippen LogP contribution in [-0.2, 0) is 0 Å². The van der Waals surface area contributed by atoms with E-state index in [9.17, 15) is 4.79 Å². The Bertz CT molecular complexity index is 608. The van der Waals surface area contributed by atoms with Gasteiger partial charge in [-0.25, -0.2) is 4.98 Å². The van der Waals surface area contributed by atoms with Gasteiger partial charge in [-0.1, -0.05) is 25.2 Å². The summed E-state index contributed by atoms with van der Waals surface area (Å²) in [6.45, 7) is 5.82. The first kappa shape index (κ1) is 13.4. The Morgan fingerprint density at radius 2 is 2.11 bits per heavy atom. The summed E-state index contributed by atoms with van der Waals surface area (Å²) in [5.41, 5.74) is 6.98. The Hall–Kier alpha value is -2.02. The van der Waals surface area contributed by atoms with Crippen LogP contribution in [-0.4, -0.2) is 21.1 Å². The maximum atomic E-state index is 12.1. The first-order valence-corrected chi connectivity index (χ1v) is 6.66. The number of aromatic nitrogens is 3. The van der Waals surface area contributed by atoms with E-state index in [1.807, 2.05) is 20.8 Å². The van der Waals surface area contributed by atoms with Gasteiger partial charge in [0.05, 0.1) is 0 Å². The van der Waals surface area contributed by atoms with E-state index in [-0.39, 0.29) is 11.8 Å². The molecule has 1 amide bonds. The first-order chi connectivity index (χ1) is 8.95. The van der Waals surface area contributed by atoms with Crippen molar-refractivity contribution >= 4 is 28.2 Å². The fourth-order valence-corrected chi connectivity index (χ4v) is 2.10. The van der Waals surface area contributed by atoms with Gasteiger partial charge in [-0.15, -0.1) is 10.2 Å². The lowest BCUT2D eigenvalue weighted by atomic mass is 10.1. The van der Waals surface area contributed by atoms with E-state index in [4.69, 9.17) is 5.73 Å². The molecule has 0 radical (unpaired) electrons. The number of amides is 1. The standard InChI is InChI=1S/C12H15N5OS/c1-6(2)9-4-8(5-10(13)14-9)11(18)15-12-17-16-7(3)19-12/h4-6H,1-3H3,(H2,13,14)(H,15,17,18). The second-order valence-electron chi connectivity index (χ2n) is 4.44. The van der Waals surface area contributed by atoms with Gasteiger partial charge in [-0.05, 0) is 25.0 Å². The van der Waals surface area contributed by atoms with Gasteiger partial charge >= 0.3 is 0 Å². The SMILES string of the molecule is Cc1nnc(NC(=O)c2cc(N)nc(C(C)C)c2)s1. The summed E-state index contributed by atoms with van der Waals surface area (Å²) in [6, 6.07) is 3.29. The lowest BCUT2D eigenvalue weighted by Gasteiger charge is -2.08. The molecule has 0 aromatic carbocycles. The zero-order chi connectivity index (χ0) is 14.0. The number of nitrogens with two attached hydrogens (primary N) is 1. The van der Waals surface area contributed by atoms with Crippen LogP contribution in [0.4, 0.5) is 10.9 Å². The summed E-state index contributed by atoms with van der Waals surface area (Å²) in [6.07, 6.45) is 0. The molecule has 0 spiro atoms. The molecule has 0 bridgehead atoms. The first-order valence-electron chi connectivity index (χ1n) is 5.84. The van der Waals surface area contributed by atoms with E-state index in [0.29, 0.717) is 16.5 Å². The monoisotopic (exact) mass is 277 g/mol. The number of nitrogens with one attached hydrogen (secondary N) is 1. The Labute approximate surface area is 115 Å². The molecule has 7 heteroatoms. The fourth-order valence-electron chi connectivity index (χ4n) is 1.52. The van der Waals surface area contributed by atoms with Gasteiger partial charge in [-0.2, -0.15) is 0 Å². The average molecular weight is 277 g/mol. The number of rotatable bonds is 3. The number of aryl methyl sites for hydroxylation is 1. The summed E-state index contributed by atoms with van der Waals surface area (Å²) >= 11 is 1.32. The minimum Gasteiger partial charge on any atom is -0.384 e. The normalized spacial score (nSPS) is 10.7. The van der Waals surface area contributed by atoms with Crippen molar-refractivity contribution in [3.05, 3.63) is 28.4 Å². The highest BCUT2D eigenvalue weighted by Gasteiger charge is 2.12. The number of nitrogens with zero attached hydrogens (tertiary/aromatic N) is 3. The Balaban J connectivity index is 2.23. The molecule has 0 saturated carbocycles. The second kappa shape index (κ2) is 5.31. The predicted molar refractivity (Wildman–Crippen MR) is 75.3 cm³/mol. The molecule has 6 nitrogen and oxygen atoms in total. The van der Waals surface area contributed by atoms with Gasteiger partial charge in [0.1, 0.15) is 10.8 Å². The van der Waals surface area contributed by atoms with Crippen molar-refractivity contribution < 1.29 is 4.79 Å². The minimum absolute atomic E-state index is 0.207. The lowest BCUT2D eigenvalue weighted by molar-refractivity contribution is 0.102. The van der Waals surface area contributed by atoms with Crippen LogP contribution in [0.25, 0.3) is 0 Å². The molecule has 0 aliphatic rings. The molecule has 2 aromatic rings. The molecule has 0 saturated heterocycles. The molecule has 2 rings (SSSR count). The Kier molecular flexibility index (Phi) is 3.75. The summed E-state index contributed by atoms with van der Waals surface area (Å²) < 4.78 is 0. The van der Waals surface area contributed by atoms with Crippen molar-refractivity contribution in [1.82, 2.24) is 15.2 Å². The molecule has 3 N–H and O–H groups in total. The molecule has 2 aromatic heterocycles. The van der Waals surface area contributed by atoms with Crippen LogP contribution < -0.4 is 11.1 Å². The van der Waals surface area contributed by atoms with Crippen LogP contribution in [0, 0.1) is 6.92 Å². The zero-order valence-electron chi connectivity index (χ0n) is 11.0. The van der Waals surface area contributed by atoms with Gasteiger partial charge in [0.15, 0.2) is 0 Å². The van der Waals surface area contributed by atoms with Crippen molar-refractivity contribution in [2.24, 2.45) is 0 Å². The molecular formula is C12H15N5OS. The van der Waals surface area contributed by atoms with Gasteiger partial charge in [0.25, 0.3) is 5.91 Å². The maximum Gasteiger partial charge on any atom is 0.257 e. The molecule has 0 aliphatic carbocycles. The van der Waals surface area contributed by atoms with Crippen LogP contribution in [0.5, 0.6) is 0 Å². The van der Waals surface area contributed by atoms with Crippen molar-refractivity contribution in [2.45, 2.75) is 26.7 Å². The van der Waals surface area contributed by atoms with E-state index in [1.165, 1.54) is 11.3 Å². The number of carbonyl (C=O) groups excluding carboxylic acids is 1. The van der Waals surface area contributed by atoms with Crippen LogP contribution in [0.3, 0.4) is 0 Å². The van der Waals surface area contributed by atoms with Crippen molar-refractivity contribution in [1.29, 1.82) is 0 Å². The summed E-state index contributed by atoms with van der Waals surface area (Å²) in [7, 11) is 0. The van der Waals surface area contributed by atoms with Gasteiger partial charge in [0, 0.05) is 11.3 Å². The Morgan fingerprint density at radius 1 is 1.37 bits per heavy atom. The molecule has 0 atom stereocenters.